The fourth-order valence-electron chi connectivity index (χ4n) is 1.12. The molecule has 1 aromatic carbocycles. The molecule has 0 N–H and O–H groups in total. The Balaban J connectivity index is 3.17. The van der Waals surface area contributed by atoms with Crippen LogP contribution >= 0.6 is 0 Å². The predicted octanol–water partition coefficient (Wildman–Crippen LogP) is 2.43. The summed E-state index contributed by atoms with van der Waals surface area (Å²) < 4.78 is 124. The lowest BCUT2D eigenvalue weighted by Gasteiger charge is -2.09. The van der Waals surface area contributed by atoms with Crippen LogP contribution in [-0.4, -0.2) is 26.3 Å². The van der Waals surface area contributed by atoms with Crippen LogP contribution in [0.25, 0.3) is 0 Å². The summed E-state index contributed by atoms with van der Waals surface area (Å²) in [5.41, 5.74) is -8.06. The average molecular weight is 358 g/mol. The van der Waals surface area contributed by atoms with E-state index in [0.717, 1.165) is 0 Å². The zero-order valence-corrected chi connectivity index (χ0v) is 10.6. The van der Waals surface area contributed by atoms with Gasteiger partial charge >= 0.3 is 15.6 Å². The van der Waals surface area contributed by atoms with Crippen LogP contribution in [0.1, 0.15) is 10.4 Å². The number of benzene rings is 1. The number of ketones is 1. The van der Waals surface area contributed by atoms with E-state index in [1.165, 1.54) is 0 Å². The Morgan fingerprint density at radius 2 is 1.23 bits per heavy atom. The maximum Gasteiger partial charge on any atom is 0.523 e. The molecule has 124 valence electrons. The van der Waals surface area contributed by atoms with Gasteiger partial charge in [-0.25, -0.2) is 22.0 Å². The Morgan fingerprint density at radius 1 is 0.864 bits per heavy atom. The van der Waals surface area contributed by atoms with Gasteiger partial charge in [0.25, 0.3) is 0 Å². The molecule has 0 bridgehead atoms. The molecule has 0 spiro atoms. The molecule has 1 rings (SSSR count). The molecule has 0 saturated heterocycles. The van der Waals surface area contributed by atoms with Crippen LogP contribution in [0, 0.1) is 29.1 Å². The third kappa shape index (κ3) is 3.19. The van der Waals surface area contributed by atoms with Crippen molar-refractivity contribution in [3.05, 3.63) is 34.6 Å². The summed E-state index contributed by atoms with van der Waals surface area (Å²) in [4.78, 5) is 11.2. The topological polar surface area (TPSA) is 60.4 Å². The van der Waals surface area contributed by atoms with Crippen LogP contribution in [0.3, 0.4) is 0 Å². The van der Waals surface area contributed by atoms with Gasteiger partial charge in [-0.1, -0.05) is 0 Å². The number of halogens is 8. The molecule has 4 nitrogen and oxygen atoms in total. The maximum absolute atomic E-state index is 13.1. The van der Waals surface area contributed by atoms with E-state index in [1.807, 2.05) is 0 Å². The van der Waals surface area contributed by atoms with Crippen molar-refractivity contribution in [1.82, 2.24) is 0 Å². The third-order valence-corrected chi connectivity index (χ3v) is 3.11. The highest BCUT2D eigenvalue weighted by molar-refractivity contribution is 7.87. The largest absolute Gasteiger partial charge is 0.523 e. The Labute approximate surface area is 116 Å². The van der Waals surface area contributed by atoms with Gasteiger partial charge in [-0.15, -0.1) is 0 Å². The lowest BCUT2D eigenvalue weighted by molar-refractivity contribution is -0.0536. The van der Waals surface area contributed by atoms with Gasteiger partial charge in [0, 0.05) is 0 Å². The zero-order valence-electron chi connectivity index (χ0n) is 9.77. The number of carbonyl (C=O) groups excluding carboxylic acids is 1. The molecule has 0 atom stereocenters. The van der Waals surface area contributed by atoms with E-state index >= 15 is 0 Å². The van der Waals surface area contributed by atoms with Gasteiger partial charge in [-0.3, -0.25) is 8.98 Å². The second kappa shape index (κ2) is 5.79. The second-order valence-electron chi connectivity index (χ2n) is 3.53. The van der Waals surface area contributed by atoms with Crippen molar-refractivity contribution in [3.63, 3.8) is 0 Å². The van der Waals surface area contributed by atoms with Crippen molar-refractivity contribution < 1.29 is 52.5 Å². The first-order chi connectivity index (χ1) is 9.81. The molecule has 0 aliphatic heterocycles. The first-order valence-electron chi connectivity index (χ1n) is 4.81. The SMILES string of the molecule is O=C(COS(=O)(=O)C(F)(F)F)c1c(F)c(F)c(F)c(F)c1F. The normalized spacial score (nSPS) is 12.5. The summed E-state index contributed by atoms with van der Waals surface area (Å²) in [5, 5.41) is 0. The van der Waals surface area contributed by atoms with E-state index in [9.17, 15) is 48.3 Å². The molecule has 0 aromatic heterocycles. The molecule has 0 saturated carbocycles. The number of hydrogen-bond donors (Lipinski definition) is 0. The molecular formula is C9H2F8O4S. The third-order valence-electron chi connectivity index (χ3n) is 2.12. The van der Waals surface area contributed by atoms with Crippen molar-refractivity contribution in [2.45, 2.75) is 5.51 Å². The summed E-state index contributed by atoms with van der Waals surface area (Å²) in [5.74, 6) is -15.1. The van der Waals surface area contributed by atoms with E-state index in [-0.39, 0.29) is 0 Å². The van der Waals surface area contributed by atoms with Gasteiger partial charge < -0.3 is 0 Å². The molecule has 1 aromatic rings. The van der Waals surface area contributed by atoms with Crippen LogP contribution in [0.2, 0.25) is 0 Å². The molecule has 0 radical (unpaired) electrons. The molecule has 0 aliphatic rings. The van der Waals surface area contributed by atoms with Crippen LogP contribution < -0.4 is 0 Å². The molecule has 0 heterocycles. The van der Waals surface area contributed by atoms with Gasteiger partial charge in [-0.2, -0.15) is 21.6 Å². The molecule has 0 fully saturated rings. The first kappa shape index (κ1) is 18.3. The minimum Gasteiger partial charge on any atom is -0.291 e. The molecular weight excluding hydrogens is 356 g/mol. The van der Waals surface area contributed by atoms with Crippen LogP contribution in [0.5, 0.6) is 0 Å². The van der Waals surface area contributed by atoms with Crippen molar-refractivity contribution in [2.24, 2.45) is 0 Å². The highest BCUT2D eigenvalue weighted by Gasteiger charge is 2.47. The quantitative estimate of drug-likeness (QED) is 0.207. The molecule has 22 heavy (non-hydrogen) atoms. The lowest BCUT2D eigenvalue weighted by Crippen LogP contribution is -2.28. The maximum atomic E-state index is 13.1. The lowest BCUT2D eigenvalue weighted by atomic mass is 10.1. The molecule has 0 aliphatic carbocycles. The van der Waals surface area contributed by atoms with E-state index in [4.69, 9.17) is 0 Å². The summed E-state index contributed by atoms with van der Waals surface area (Å²) in [6.07, 6.45) is 0. The fraction of sp³-hybridized carbons (Fsp3) is 0.222. The fourth-order valence-corrected chi connectivity index (χ4v) is 1.52. The molecule has 0 unspecified atom stereocenters. The summed E-state index contributed by atoms with van der Waals surface area (Å²) in [7, 11) is -6.28. The minimum absolute atomic E-state index is 2.11. The van der Waals surface area contributed by atoms with Crippen molar-refractivity contribution >= 4 is 15.9 Å². The second-order valence-corrected chi connectivity index (χ2v) is 5.14. The Kier molecular flexibility index (Phi) is 4.82. The Hall–Kier alpha value is -1.76. The van der Waals surface area contributed by atoms with Crippen molar-refractivity contribution in [2.75, 3.05) is 6.61 Å². The number of Topliss-reactive ketones (excluding diaryl/α,β-unsaturated/α-hetero) is 1. The van der Waals surface area contributed by atoms with Crippen molar-refractivity contribution in [1.29, 1.82) is 0 Å². The van der Waals surface area contributed by atoms with Gasteiger partial charge in [-0.05, 0) is 0 Å². The minimum atomic E-state index is -6.28. The van der Waals surface area contributed by atoms with Crippen LogP contribution in [0.4, 0.5) is 35.1 Å². The standard InChI is InChI=1S/C9H2F8O4S/c10-4-3(5(11)7(13)8(14)6(4)12)2(18)1-21-22(19,20)9(15,16)17/h1H2. The van der Waals surface area contributed by atoms with E-state index in [2.05, 4.69) is 4.18 Å². The highest BCUT2D eigenvalue weighted by Crippen LogP contribution is 2.26. The highest BCUT2D eigenvalue weighted by atomic mass is 32.2. The number of hydrogen-bond acceptors (Lipinski definition) is 4. The molecule has 0 amide bonds. The Morgan fingerprint density at radius 3 is 1.59 bits per heavy atom. The predicted molar refractivity (Wildman–Crippen MR) is 51.5 cm³/mol. The van der Waals surface area contributed by atoms with E-state index < -0.39 is 62.7 Å². The smallest absolute Gasteiger partial charge is 0.291 e. The summed E-state index contributed by atoms with van der Waals surface area (Å²) >= 11 is 0. The Bertz CT molecular complexity index is 695. The number of alkyl halides is 3. The van der Waals surface area contributed by atoms with E-state index in [0.29, 0.717) is 0 Å². The van der Waals surface area contributed by atoms with E-state index in [1.54, 1.807) is 0 Å². The van der Waals surface area contributed by atoms with Gasteiger partial charge in [0.1, 0.15) is 6.61 Å². The molecule has 13 heteroatoms. The average Bonchev–Trinajstić information content (AvgIpc) is 2.40. The number of rotatable bonds is 4. The zero-order chi connectivity index (χ0) is 17.5. The first-order valence-corrected chi connectivity index (χ1v) is 6.22. The van der Waals surface area contributed by atoms with Gasteiger partial charge in [0.2, 0.25) is 5.82 Å². The summed E-state index contributed by atoms with van der Waals surface area (Å²) in [6.45, 7) is -2.11. The van der Waals surface area contributed by atoms with Gasteiger partial charge in [0.05, 0.1) is 5.56 Å². The van der Waals surface area contributed by atoms with Crippen LogP contribution in [0.15, 0.2) is 0 Å². The summed E-state index contributed by atoms with van der Waals surface area (Å²) in [6, 6.07) is 0. The van der Waals surface area contributed by atoms with Crippen molar-refractivity contribution in [3.8, 4) is 0 Å². The monoisotopic (exact) mass is 358 g/mol. The van der Waals surface area contributed by atoms with Gasteiger partial charge in [0.15, 0.2) is 29.1 Å². The van der Waals surface area contributed by atoms with Crippen LogP contribution in [-0.2, 0) is 14.3 Å². The number of carbonyl (C=O) groups is 1.